The van der Waals surface area contributed by atoms with Gasteiger partial charge in [-0.25, -0.2) is 0 Å². The van der Waals surface area contributed by atoms with Gasteiger partial charge in [-0.2, -0.15) is 0 Å². The average Bonchev–Trinajstić information content (AvgIpc) is 0.724. The summed E-state index contributed by atoms with van der Waals surface area (Å²) < 4.78 is 0. The minimum absolute atomic E-state index is 0.130. The smallest absolute Gasteiger partial charge is 0.252 e. The van der Waals surface area contributed by atoms with E-state index in [4.69, 9.17) is 0 Å². The quantitative estimate of drug-likeness (QED) is 0.0539. The summed E-state index contributed by atoms with van der Waals surface area (Å²) in [4.78, 5) is 58.8. The first-order chi connectivity index (χ1) is 58.4. The Bertz CT molecular complexity index is 4870. The number of nitrogens with one attached hydrogen (secondary N) is 4. The molecule has 4 aliphatic rings. The van der Waals surface area contributed by atoms with Gasteiger partial charge < -0.3 is 21.3 Å². The molecule has 0 unspecified atom stereocenters. The highest BCUT2D eigenvalue weighted by Gasteiger charge is 2.51. The lowest BCUT2D eigenvalue weighted by atomic mass is 9.65. The predicted molar refractivity (Wildman–Crippen MR) is 495 cm³/mol. The zero-order chi connectivity index (χ0) is 91.2. The van der Waals surface area contributed by atoms with Crippen molar-refractivity contribution in [1.29, 1.82) is 0 Å². The molecule has 12 rings (SSSR count). The molecular weight excluding hydrogens is 1550 g/mol. The van der Waals surface area contributed by atoms with E-state index in [1.807, 2.05) is 232 Å². The van der Waals surface area contributed by atoms with E-state index in [2.05, 4.69) is 173 Å². The Hall–Kier alpha value is -10.4. The fourth-order valence-electron chi connectivity index (χ4n) is 20.2. The molecule has 0 spiro atoms. The maximum atomic E-state index is 14.7. The topological polar surface area (TPSA) is 209 Å². The molecular formula is C109H128N8O8. The maximum absolute atomic E-state index is 14.7. The van der Waals surface area contributed by atoms with Crippen molar-refractivity contribution in [3.8, 4) is 47.4 Å². The monoisotopic (exact) mass is 1680 g/mol. The molecule has 0 aromatic heterocycles. The van der Waals surface area contributed by atoms with Crippen LogP contribution in [0.2, 0.25) is 0 Å². The third-order valence-corrected chi connectivity index (χ3v) is 26.2. The highest BCUT2D eigenvalue weighted by molar-refractivity contribution is 5.99. The molecule has 4 fully saturated rings. The molecule has 0 atom stereocenters. The highest BCUT2D eigenvalue weighted by atomic mass is 16.5. The Morgan fingerprint density at radius 2 is 0.424 bits per heavy atom. The van der Waals surface area contributed by atoms with Crippen LogP contribution < -0.4 is 21.3 Å². The standard InChI is InChI=1S/C109H128N8O8/c1-69(2)81-45-41-77(93(57-81)97(118)110-89-61-101(9,10)114(122)102(11,12)62-89)37-25-73-29-49-85(50-30-73)109(86-51-31-74(32-52-86)26-38-78-42-46-82(70(3)4)58-94(78)98(119)111-90-63-103(13,14)115(123)104(15,16)64-90,87-53-33-75(34-54-87)27-39-79-43-47-83(71(5)6)59-95(79)99(120)112-91-65-105(17,18)116(124)106(19,20)66-91)88-55-35-76(36-56-88)28-40-80-44-48-84(72(7)8)60-96(80)100(121)113-92-67-107(21,22)117(125)108(23,24)68-92/h29-36,41-60,69-72,89-92H,61-68H2,1-24H3,(H,110,118)(H,111,119)(H,112,120)(H,113,121). The maximum Gasteiger partial charge on any atom is 0.252 e. The second kappa shape index (κ2) is 36.1. The van der Waals surface area contributed by atoms with E-state index in [1.165, 1.54) is 0 Å². The third-order valence-electron chi connectivity index (χ3n) is 26.2. The highest BCUT2D eigenvalue weighted by Crippen LogP contribution is 2.47. The van der Waals surface area contributed by atoms with E-state index < -0.39 is 49.7 Å². The summed E-state index contributed by atoms with van der Waals surface area (Å²) in [5.74, 6) is 27.0. The summed E-state index contributed by atoms with van der Waals surface area (Å²) in [6, 6.07) is 55.3. The van der Waals surface area contributed by atoms with Crippen molar-refractivity contribution in [3.05, 3.63) is 281 Å². The van der Waals surface area contributed by atoms with Gasteiger partial charge in [0.2, 0.25) is 0 Å². The van der Waals surface area contributed by atoms with Gasteiger partial charge in [0.1, 0.15) is 0 Å². The van der Waals surface area contributed by atoms with Gasteiger partial charge in [0.15, 0.2) is 0 Å². The molecule has 16 heteroatoms. The van der Waals surface area contributed by atoms with Crippen LogP contribution in [0.4, 0.5) is 0 Å². The first kappa shape index (κ1) is 93.7. The lowest BCUT2D eigenvalue weighted by Crippen LogP contribution is -2.62. The Morgan fingerprint density at radius 3 is 0.576 bits per heavy atom. The minimum Gasteiger partial charge on any atom is -0.349 e. The molecule has 16 nitrogen and oxygen atoms in total. The minimum atomic E-state index is -1.13. The number of nitrogens with zero attached hydrogens (tertiary/aromatic N) is 4. The molecule has 4 N–H and O–H groups in total. The molecule has 125 heavy (non-hydrogen) atoms. The first-order valence-electron chi connectivity index (χ1n) is 44.6. The zero-order valence-corrected chi connectivity index (χ0v) is 78.0. The normalized spacial score (nSPS) is 18.9. The third kappa shape index (κ3) is 20.7. The Balaban J connectivity index is 0.993. The molecule has 8 aromatic carbocycles. The number of amides is 4. The van der Waals surface area contributed by atoms with Gasteiger partial charge in [-0.15, -0.1) is 41.1 Å². The second-order valence-corrected chi connectivity index (χ2v) is 41.9. The van der Waals surface area contributed by atoms with Crippen molar-refractivity contribution in [2.75, 3.05) is 0 Å². The molecule has 0 bridgehead atoms. The molecule has 0 aliphatic carbocycles. The predicted octanol–water partition coefficient (Wildman–Crippen LogP) is 20.5. The van der Waals surface area contributed by atoms with Crippen LogP contribution in [0.5, 0.6) is 0 Å². The summed E-state index contributed by atoms with van der Waals surface area (Å²) in [6.07, 6.45) is 3.88. The van der Waals surface area contributed by atoms with Crippen molar-refractivity contribution in [2.45, 2.75) is 315 Å². The molecule has 4 saturated heterocycles. The summed E-state index contributed by atoms with van der Waals surface area (Å²) in [7, 11) is 0. The van der Waals surface area contributed by atoms with Crippen LogP contribution in [-0.4, -0.2) is 112 Å². The Kier molecular flexibility index (Phi) is 27.1. The van der Waals surface area contributed by atoms with E-state index in [9.17, 15) is 40.0 Å². The molecule has 4 aliphatic heterocycles. The number of carbonyl (C=O) groups is 4. The SMILES string of the molecule is CC(C)c1ccc(C#Cc2ccc(C(c3ccc(C#Cc4ccc(C(C)C)cc4C(=O)NC4CC(C)(C)N([O])C(C)(C)C4)cc3)(c3ccc(C#Cc4ccc(C(C)C)cc4C(=O)NC4CC(C)(C)N([O])C(C)(C)C4)cc3)c3ccc(C#Cc4ccc(C(C)C)cc4C(=O)NC4CC(C)(C)N([O])C(C)(C)C4)cc3)cc2)c(C(=O)NC2CC(C)(C)N([O])C(C)(C)C2)c1. The van der Waals surface area contributed by atoms with Crippen LogP contribution in [0.15, 0.2) is 170 Å². The largest absolute Gasteiger partial charge is 0.349 e. The molecule has 4 radical (unpaired) electrons. The fourth-order valence-corrected chi connectivity index (χ4v) is 20.2. The van der Waals surface area contributed by atoms with Crippen LogP contribution in [0.25, 0.3) is 0 Å². The van der Waals surface area contributed by atoms with Crippen LogP contribution in [-0.2, 0) is 26.2 Å². The van der Waals surface area contributed by atoms with E-state index in [-0.39, 0.29) is 71.5 Å². The summed E-state index contributed by atoms with van der Waals surface area (Å²) >= 11 is 0. The van der Waals surface area contributed by atoms with Crippen molar-refractivity contribution >= 4 is 23.6 Å². The summed E-state index contributed by atoms with van der Waals surface area (Å²) in [5, 5.41) is 71.8. The van der Waals surface area contributed by atoms with Gasteiger partial charge >= 0.3 is 0 Å². The summed E-state index contributed by atoms with van der Waals surface area (Å²) in [5.41, 5.74) is 7.58. The van der Waals surface area contributed by atoms with Crippen molar-refractivity contribution in [2.24, 2.45) is 0 Å². The number of carbonyl (C=O) groups excluding carboxylic acids is 4. The number of benzene rings is 8. The zero-order valence-electron chi connectivity index (χ0n) is 78.0. The lowest BCUT2D eigenvalue weighted by molar-refractivity contribution is -0.289. The van der Waals surface area contributed by atoms with Gasteiger partial charge in [0.05, 0.1) is 27.7 Å². The lowest BCUT2D eigenvalue weighted by Gasteiger charge is -2.50. The van der Waals surface area contributed by atoms with Gasteiger partial charge in [-0.1, -0.05) is 176 Å². The molecule has 8 aromatic rings. The number of rotatable bonds is 16. The van der Waals surface area contributed by atoms with E-state index in [1.54, 1.807) is 0 Å². The molecule has 4 amide bonds. The number of hydroxylamine groups is 8. The van der Waals surface area contributed by atoms with Gasteiger partial charge in [0, 0.05) is 113 Å². The first-order valence-corrected chi connectivity index (χ1v) is 44.6. The molecule has 652 valence electrons. The van der Waals surface area contributed by atoms with Gasteiger partial charge in [-0.3, -0.25) is 19.2 Å². The average molecular weight is 1680 g/mol. The van der Waals surface area contributed by atoms with E-state index >= 15 is 0 Å². The van der Waals surface area contributed by atoms with E-state index in [0.29, 0.717) is 118 Å². The van der Waals surface area contributed by atoms with Gasteiger partial charge in [0.25, 0.3) is 23.6 Å². The van der Waals surface area contributed by atoms with Crippen molar-refractivity contribution in [3.63, 3.8) is 0 Å². The Labute approximate surface area is 744 Å². The van der Waals surface area contributed by atoms with E-state index in [0.717, 1.165) is 64.8 Å². The van der Waals surface area contributed by atoms with Crippen molar-refractivity contribution in [1.82, 2.24) is 41.5 Å². The van der Waals surface area contributed by atoms with Crippen molar-refractivity contribution < 1.29 is 40.0 Å². The fraction of sp³-hybridized carbons (Fsp3) is 0.450. The molecule has 4 heterocycles. The van der Waals surface area contributed by atoms with Crippen LogP contribution in [0, 0.1) is 47.4 Å². The van der Waals surface area contributed by atoms with Crippen LogP contribution >= 0.6 is 0 Å². The van der Waals surface area contributed by atoms with Crippen LogP contribution in [0.3, 0.4) is 0 Å². The number of hydrogen-bond donors (Lipinski definition) is 4. The second-order valence-electron chi connectivity index (χ2n) is 41.9. The van der Waals surface area contributed by atoms with Gasteiger partial charge in [-0.05, 0) is 327 Å². The molecule has 0 saturated carbocycles. The Morgan fingerprint density at radius 1 is 0.264 bits per heavy atom. The summed E-state index contributed by atoms with van der Waals surface area (Å²) in [6.45, 7) is 47.6. The number of hydrogen-bond acceptors (Lipinski definition) is 8. The number of piperidine rings is 4. The van der Waals surface area contributed by atoms with Crippen LogP contribution in [0.1, 0.15) is 372 Å².